The van der Waals surface area contributed by atoms with Gasteiger partial charge in [-0.2, -0.15) is 5.10 Å². The third-order valence-electron chi connectivity index (χ3n) is 7.20. The van der Waals surface area contributed by atoms with Crippen molar-refractivity contribution in [2.24, 2.45) is 5.92 Å². The number of methoxy groups -OCH3 is 2. The first-order valence-electron chi connectivity index (χ1n) is 12.0. The molecule has 0 saturated carbocycles. The fraction of sp³-hybridized carbons (Fsp3) is 0.296. The molecule has 2 aliphatic rings. The van der Waals surface area contributed by atoms with Gasteiger partial charge in [0.1, 0.15) is 46.3 Å². The summed E-state index contributed by atoms with van der Waals surface area (Å²) in [6.45, 7) is 1.26. The van der Waals surface area contributed by atoms with E-state index in [2.05, 4.69) is 25.5 Å². The summed E-state index contributed by atoms with van der Waals surface area (Å²) in [5, 5.41) is 10.7. The molecule has 0 radical (unpaired) electrons. The number of Topliss-reactive ketones (excluding diaryl/α,β-unsaturated/α-hetero) is 2. The van der Waals surface area contributed by atoms with Crippen LogP contribution in [0.1, 0.15) is 33.7 Å². The summed E-state index contributed by atoms with van der Waals surface area (Å²) < 4.78 is 17.6. The molecule has 4 heterocycles. The number of nitrogens with one attached hydrogen (secondary N) is 2. The van der Waals surface area contributed by atoms with E-state index < -0.39 is 17.3 Å². The van der Waals surface area contributed by atoms with Crippen molar-refractivity contribution >= 4 is 22.5 Å². The van der Waals surface area contributed by atoms with Gasteiger partial charge in [0.2, 0.25) is 0 Å². The molecular weight excluding hydrogens is 474 g/mol. The Kier molecular flexibility index (Phi) is 5.60. The lowest BCUT2D eigenvalue weighted by Gasteiger charge is -2.45. The van der Waals surface area contributed by atoms with Gasteiger partial charge in [-0.05, 0) is 43.4 Å². The summed E-state index contributed by atoms with van der Waals surface area (Å²) in [5.41, 5.74) is 0.649. The largest absolute Gasteiger partial charge is 0.496 e. The molecule has 2 N–H and O–H groups in total. The Morgan fingerprint density at radius 1 is 1.08 bits per heavy atom. The zero-order valence-corrected chi connectivity index (χ0v) is 20.4. The number of hydrogen-bond acceptors (Lipinski definition) is 9. The number of fused-ring (bicyclic) bond motifs is 2. The number of carbonyl (C=O) groups excluding carboxylic acids is 2. The number of aromatic amines is 1. The van der Waals surface area contributed by atoms with Gasteiger partial charge in [0.15, 0.2) is 17.4 Å². The molecule has 37 heavy (non-hydrogen) atoms. The van der Waals surface area contributed by atoms with E-state index in [4.69, 9.17) is 14.2 Å². The Morgan fingerprint density at radius 2 is 1.89 bits per heavy atom. The van der Waals surface area contributed by atoms with E-state index in [0.29, 0.717) is 71.0 Å². The molecule has 10 nitrogen and oxygen atoms in total. The topological polar surface area (TPSA) is 128 Å². The van der Waals surface area contributed by atoms with Crippen molar-refractivity contribution in [1.29, 1.82) is 0 Å². The molecule has 0 unspecified atom stereocenters. The van der Waals surface area contributed by atoms with Crippen LogP contribution in [0.15, 0.2) is 48.8 Å². The van der Waals surface area contributed by atoms with Gasteiger partial charge in [-0.1, -0.05) is 6.07 Å². The van der Waals surface area contributed by atoms with Gasteiger partial charge >= 0.3 is 0 Å². The highest BCUT2D eigenvalue weighted by molar-refractivity contribution is 6.19. The van der Waals surface area contributed by atoms with Crippen molar-refractivity contribution in [1.82, 2.24) is 25.5 Å². The maximum absolute atomic E-state index is 14.2. The van der Waals surface area contributed by atoms with Crippen molar-refractivity contribution in [3.05, 3.63) is 60.0 Å². The molecule has 10 heteroatoms. The summed E-state index contributed by atoms with van der Waals surface area (Å²) in [4.78, 5) is 37.2. The zero-order chi connectivity index (χ0) is 25.6. The van der Waals surface area contributed by atoms with E-state index in [1.54, 1.807) is 31.4 Å². The summed E-state index contributed by atoms with van der Waals surface area (Å²) >= 11 is 0. The molecule has 6 rings (SSSR count). The van der Waals surface area contributed by atoms with Crippen LogP contribution in [0.4, 0.5) is 0 Å². The number of carbonyl (C=O) groups is 2. The number of ether oxygens (including phenoxy) is 3. The maximum atomic E-state index is 14.2. The molecule has 4 aromatic rings. The lowest BCUT2D eigenvalue weighted by atomic mass is 9.71. The number of ketones is 2. The number of pyridine rings is 1. The second-order valence-corrected chi connectivity index (χ2v) is 9.19. The standard InChI is InChI=1S/C27H25N5O5/c1-35-20-5-3-4-16-21(36-2)13-18(31-23(16)20)25(34)22-24(33)17-12-15(26-29-14-30-32-26)6-7-19(17)37-27(22)8-10-28-11-9-27/h3-7,12-14,22,28H,8-11H2,1-2H3,(H,29,30,32)/t22-/m1/s1. The van der Waals surface area contributed by atoms with Gasteiger partial charge in [0, 0.05) is 29.9 Å². The van der Waals surface area contributed by atoms with Crippen LogP contribution in [0.3, 0.4) is 0 Å². The SMILES string of the molecule is COc1cc(C(=O)[C@H]2C(=O)c3cc(-c4ncn[nH]4)ccc3OC23CCNCC3)nc2c(OC)cccc12. The molecule has 2 aromatic carbocycles. The normalized spacial score (nSPS) is 18.3. The summed E-state index contributed by atoms with van der Waals surface area (Å²) in [6.07, 6.45) is 2.41. The minimum atomic E-state index is -1.07. The Labute approximate surface area is 212 Å². The van der Waals surface area contributed by atoms with Crippen LogP contribution in [0, 0.1) is 5.92 Å². The quantitative estimate of drug-likeness (QED) is 0.314. The summed E-state index contributed by atoms with van der Waals surface area (Å²) in [6, 6.07) is 12.3. The molecule has 2 aliphatic heterocycles. The zero-order valence-electron chi connectivity index (χ0n) is 20.4. The molecule has 1 fully saturated rings. The first-order valence-corrected chi connectivity index (χ1v) is 12.0. The number of hydrogen-bond donors (Lipinski definition) is 2. The van der Waals surface area contributed by atoms with Crippen LogP contribution in [0.25, 0.3) is 22.3 Å². The number of piperidine rings is 1. The van der Waals surface area contributed by atoms with E-state index in [0.717, 1.165) is 0 Å². The molecule has 188 valence electrons. The van der Waals surface area contributed by atoms with Crippen LogP contribution < -0.4 is 19.5 Å². The number of nitrogens with zero attached hydrogens (tertiary/aromatic N) is 3. The van der Waals surface area contributed by atoms with Gasteiger partial charge in [0.25, 0.3) is 0 Å². The summed E-state index contributed by atoms with van der Waals surface area (Å²) in [5.74, 6) is 0.193. The fourth-order valence-electron chi connectivity index (χ4n) is 5.37. The first kappa shape index (κ1) is 23.1. The lowest BCUT2D eigenvalue weighted by Crippen LogP contribution is -2.58. The predicted octanol–water partition coefficient (Wildman–Crippen LogP) is 3.23. The van der Waals surface area contributed by atoms with Gasteiger partial charge in [-0.25, -0.2) is 9.97 Å². The fourth-order valence-corrected chi connectivity index (χ4v) is 5.37. The molecular formula is C27H25N5O5. The maximum Gasteiger partial charge on any atom is 0.196 e. The number of H-pyrrole nitrogens is 1. The monoisotopic (exact) mass is 499 g/mol. The van der Waals surface area contributed by atoms with Crippen LogP contribution in [-0.2, 0) is 0 Å². The molecule has 1 saturated heterocycles. The smallest absolute Gasteiger partial charge is 0.196 e. The third-order valence-corrected chi connectivity index (χ3v) is 7.20. The number of rotatable bonds is 5. The molecule has 2 aromatic heterocycles. The first-order chi connectivity index (χ1) is 18.0. The van der Waals surface area contributed by atoms with Crippen LogP contribution in [0.5, 0.6) is 17.2 Å². The highest BCUT2D eigenvalue weighted by Crippen LogP contribution is 2.44. The van der Waals surface area contributed by atoms with Crippen molar-refractivity contribution in [3.63, 3.8) is 0 Å². The van der Waals surface area contributed by atoms with E-state index in [9.17, 15) is 9.59 Å². The number of para-hydroxylation sites is 1. The molecule has 1 spiro atoms. The predicted molar refractivity (Wildman–Crippen MR) is 134 cm³/mol. The Bertz CT molecular complexity index is 1510. The number of aromatic nitrogens is 4. The van der Waals surface area contributed by atoms with E-state index in [1.807, 2.05) is 18.2 Å². The molecule has 0 bridgehead atoms. The highest BCUT2D eigenvalue weighted by Gasteiger charge is 2.54. The van der Waals surface area contributed by atoms with Crippen molar-refractivity contribution in [2.75, 3.05) is 27.3 Å². The average Bonchev–Trinajstić information content (AvgIpc) is 3.47. The van der Waals surface area contributed by atoms with Crippen LogP contribution in [-0.4, -0.2) is 64.6 Å². The lowest BCUT2D eigenvalue weighted by molar-refractivity contribution is -0.0139. The Balaban J connectivity index is 1.49. The molecule has 0 amide bonds. The second kappa shape index (κ2) is 8.97. The molecule has 0 aliphatic carbocycles. The van der Waals surface area contributed by atoms with Crippen LogP contribution >= 0.6 is 0 Å². The van der Waals surface area contributed by atoms with Gasteiger partial charge in [-0.3, -0.25) is 14.7 Å². The second-order valence-electron chi connectivity index (χ2n) is 9.19. The average molecular weight is 500 g/mol. The van der Waals surface area contributed by atoms with Gasteiger partial charge in [-0.15, -0.1) is 0 Å². The minimum Gasteiger partial charge on any atom is -0.496 e. The van der Waals surface area contributed by atoms with Crippen LogP contribution in [0.2, 0.25) is 0 Å². The highest BCUT2D eigenvalue weighted by atomic mass is 16.5. The summed E-state index contributed by atoms with van der Waals surface area (Å²) in [7, 11) is 3.08. The molecule has 1 atom stereocenters. The van der Waals surface area contributed by atoms with Gasteiger partial charge < -0.3 is 19.5 Å². The van der Waals surface area contributed by atoms with Crippen molar-refractivity contribution in [3.8, 4) is 28.6 Å². The van der Waals surface area contributed by atoms with Crippen molar-refractivity contribution in [2.45, 2.75) is 18.4 Å². The van der Waals surface area contributed by atoms with Crippen molar-refractivity contribution < 1.29 is 23.8 Å². The van der Waals surface area contributed by atoms with E-state index in [-0.39, 0.29) is 11.5 Å². The Hall–Kier alpha value is -4.31. The van der Waals surface area contributed by atoms with Gasteiger partial charge in [0.05, 0.1) is 19.8 Å². The third kappa shape index (κ3) is 3.72. The number of benzene rings is 2. The Morgan fingerprint density at radius 3 is 2.62 bits per heavy atom. The van der Waals surface area contributed by atoms with E-state index in [1.165, 1.54) is 13.4 Å². The van der Waals surface area contributed by atoms with E-state index >= 15 is 0 Å². The minimum absolute atomic E-state index is 0.128.